The largest absolute Gasteiger partial charge is 0.488 e. The Hall–Kier alpha value is -3.78. The van der Waals surface area contributed by atoms with E-state index in [1.807, 2.05) is 95.3 Å². The Balaban J connectivity index is 2.08. The molecule has 0 aliphatic carbocycles. The van der Waals surface area contributed by atoms with Crippen LogP contribution in [0.4, 0.5) is 10.5 Å². The van der Waals surface area contributed by atoms with Crippen molar-refractivity contribution in [2.75, 3.05) is 11.4 Å². The lowest BCUT2D eigenvalue weighted by Crippen LogP contribution is -2.37. The first-order valence-corrected chi connectivity index (χ1v) is 10.9. The highest BCUT2D eigenvalue weighted by molar-refractivity contribution is 5.97. The first-order valence-electron chi connectivity index (χ1n) is 10.9. The summed E-state index contributed by atoms with van der Waals surface area (Å²) in [6.45, 7) is 10.3. The third kappa shape index (κ3) is 6.60. The normalized spacial score (nSPS) is 10.9. The lowest BCUT2D eigenvalue weighted by molar-refractivity contribution is 0.0584. The van der Waals surface area contributed by atoms with E-state index in [9.17, 15) is 10.1 Å². The lowest BCUT2D eigenvalue weighted by atomic mass is 10.0. The minimum absolute atomic E-state index is 0.360. The van der Waals surface area contributed by atoms with Crippen LogP contribution >= 0.6 is 0 Å². The van der Waals surface area contributed by atoms with Crippen molar-refractivity contribution in [3.63, 3.8) is 0 Å². The Morgan fingerprint density at radius 2 is 1.79 bits per heavy atom. The van der Waals surface area contributed by atoms with E-state index < -0.39 is 11.7 Å². The topological polar surface area (TPSA) is 62.6 Å². The van der Waals surface area contributed by atoms with E-state index in [1.165, 1.54) is 0 Å². The molecule has 0 saturated heterocycles. The Morgan fingerprint density at radius 3 is 2.42 bits per heavy atom. The van der Waals surface area contributed by atoms with Crippen molar-refractivity contribution >= 4 is 22.6 Å². The summed E-state index contributed by atoms with van der Waals surface area (Å²) in [4.78, 5) is 14.7. The Kier molecular flexibility index (Phi) is 7.40. The summed E-state index contributed by atoms with van der Waals surface area (Å²) in [5, 5.41) is 11.1. The number of fused-ring (bicyclic) bond motifs is 1. The van der Waals surface area contributed by atoms with Crippen LogP contribution in [0.3, 0.4) is 0 Å². The zero-order chi connectivity index (χ0) is 24.0. The number of carbonyl (C=O) groups excluding carboxylic acids is 1. The van der Waals surface area contributed by atoms with Gasteiger partial charge in [-0.1, -0.05) is 42.0 Å². The predicted octanol–water partition coefficient (Wildman–Crippen LogP) is 7.00. The number of hydrogen-bond donors (Lipinski definition) is 0. The van der Waals surface area contributed by atoms with E-state index in [1.54, 1.807) is 11.0 Å². The highest BCUT2D eigenvalue weighted by Gasteiger charge is 2.24. The number of ether oxygens (including phenoxy) is 2. The van der Waals surface area contributed by atoms with E-state index in [0.717, 1.165) is 21.9 Å². The van der Waals surface area contributed by atoms with Crippen molar-refractivity contribution in [2.45, 2.75) is 46.8 Å². The summed E-state index contributed by atoms with van der Waals surface area (Å²) in [6.07, 6.45) is 1.54. The summed E-state index contributed by atoms with van der Waals surface area (Å²) in [5.41, 5.74) is 2.70. The van der Waals surface area contributed by atoms with Crippen molar-refractivity contribution in [3.05, 3.63) is 83.4 Å². The molecule has 0 spiro atoms. The van der Waals surface area contributed by atoms with Crippen LogP contribution in [0.15, 0.2) is 72.3 Å². The summed E-state index contributed by atoms with van der Waals surface area (Å²) >= 11 is 0. The van der Waals surface area contributed by atoms with Gasteiger partial charge in [0.25, 0.3) is 0 Å². The van der Waals surface area contributed by atoms with Crippen molar-refractivity contribution in [1.82, 2.24) is 0 Å². The standard InChI is InChI=1S/C28H30N2O3/c1-20(2)13-14-30(27(31)33-28(3,4)5)24-16-23-15-22(18-29)11-12-25(23)26(17-24)32-19-21-9-7-6-8-10-21/h6-13,15-17H,14,19H2,1-5H3. The molecule has 3 aromatic carbocycles. The maximum atomic E-state index is 13.1. The smallest absolute Gasteiger partial charge is 0.415 e. The maximum Gasteiger partial charge on any atom is 0.415 e. The van der Waals surface area contributed by atoms with Crippen molar-refractivity contribution < 1.29 is 14.3 Å². The summed E-state index contributed by atoms with van der Waals surface area (Å²) in [6, 6.07) is 21.3. The van der Waals surface area contributed by atoms with E-state index >= 15 is 0 Å². The number of rotatable bonds is 6. The van der Waals surface area contributed by atoms with E-state index in [-0.39, 0.29) is 0 Å². The third-order valence-electron chi connectivity index (χ3n) is 4.87. The minimum Gasteiger partial charge on any atom is -0.488 e. The van der Waals surface area contributed by atoms with Gasteiger partial charge >= 0.3 is 6.09 Å². The molecule has 0 heterocycles. The molecule has 0 radical (unpaired) electrons. The number of allylic oxidation sites excluding steroid dienone is 1. The van der Waals surface area contributed by atoms with Crippen LogP contribution < -0.4 is 9.64 Å². The van der Waals surface area contributed by atoms with Crippen LogP contribution in [0.1, 0.15) is 45.7 Å². The second-order valence-corrected chi connectivity index (χ2v) is 9.14. The van der Waals surface area contributed by atoms with Crippen molar-refractivity contribution in [2.24, 2.45) is 0 Å². The van der Waals surface area contributed by atoms with Crippen LogP contribution in [-0.4, -0.2) is 18.2 Å². The van der Waals surface area contributed by atoms with Gasteiger partial charge in [-0.05, 0) is 69.8 Å². The van der Waals surface area contributed by atoms with Gasteiger partial charge in [0.15, 0.2) is 0 Å². The monoisotopic (exact) mass is 442 g/mol. The van der Waals surface area contributed by atoms with Crippen molar-refractivity contribution in [3.8, 4) is 11.8 Å². The molecular formula is C28H30N2O3. The fourth-order valence-corrected chi connectivity index (χ4v) is 3.28. The van der Waals surface area contributed by atoms with Gasteiger partial charge in [-0.2, -0.15) is 5.26 Å². The molecule has 5 heteroatoms. The molecule has 0 aromatic heterocycles. The number of hydrogen-bond acceptors (Lipinski definition) is 4. The van der Waals surface area contributed by atoms with E-state index in [2.05, 4.69) is 6.07 Å². The maximum absolute atomic E-state index is 13.1. The van der Waals surface area contributed by atoms with E-state index in [0.29, 0.717) is 30.2 Å². The minimum atomic E-state index is -0.627. The molecule has 3 rings (SSSR count). The Morgan fingerprint density at radius 1 is 1.06 bits per heavy atom. The number of nitrogens with zero attached hydrogens (tertiary/aromatic N) is 2. The van der Waals surface area contributed by atoms with Crippen LogP contribution in [0.5, 0.6) is 5.75 Å². The lowest BCUT2D eigenvalue weighted by Gasteiger charge is -2.27. The average molecular weight is 443 g/mol. The van der Waals surface area contributed by atoms with Crippen LogP contribution in [0.2, 0.25) is 0 Å². The molecule has 0 aliphatic heterocycles. The Bertz CT molecular complexity index is 1200. The first-order chi connectivity index (χ1) is 15.7. The Labute approximate surface area is 195 Å². The second-order valence-electron chi connectivity index (χ2n) is 9.14. The molecule has 0 unspecified atom stereocenters. The molecule has 0 atom stereocenters. The van der Waals surface area contributed by atoms with Gasteiger partial charge in [0.1, 0.15) is 18.0 Å². The van der Waals surface area contributed by atoms with Gasteiger partial charge in [0, 0.05) is 18.0 Å². The predicted molar refractivity (Wildman–Crippen MR) is 132 cm³/mol. The molecule has 0 N–H and O–H groups in total. The highest BCUT2D eigenvalue weighted by Crippen LogP contribution is 2.34. The van der Waals surface area contributed by atoms with Crippen LogP contribution in [0, 0.1) is 11.3 Å². The van der Waals surface area contributed by atoms with Gasteiger partial charge in [-0.3, -0.25) is 4.90 Å². The van der Waals surface area contributed by atoms with Crippen LogP contribution in [0.25, 0.3) is 10.8 Å². The van der Waals surface area contributed by atoms with Gasteiger partial charge in [-0.15, -0.1) is 0 Å². The van der Waals surface area contributed by atoms with Gasteiger partial charge in [-0.25, -0.2) is 4.79 Å². The number of anilines is 1. The zero-order valence-corrected chi connectivity index (χ0v) is 19.9. The highest BCUT2D eigenvalue weighted by atomic mass is 16.6. The number of carbonyl (C=O) groups is 1. The third-order valence-corrected chi connectivity index (χ3v) is 4.87. The molecule has 33 heavy (non-hydrogen) atoms. The number of nitriles is 1. The molecule has 0 aliphatic rings. The summed E-state index contributed by atoms with van der Waals surface area (Å²) in [7, 11) is 0. The molecule has 0 saturated carbocycles. The molecule has 1 amide bonds. The SMILES string of the molecule is CC(C)=CCN(C(=O)OC(C)(C)C)c1cc(OCc2ccccc2)c2ccc(C#N)cc2c1. The second kappa shape index (κ2) is 10.2. The molecular weight excluding hydrogens is 412 g/mol. The molecule has 0 bridgehead atoms. The zero-order valence-electron chi connectivity index (χ0n) is 19.9. The summed E-state index contributed by atoms with van der Waals surface area (Å²) in [5.74, 6) is 0.640. The molecule has 170 valence electrons. The number of benzene rings is 3. The fraction of sp³-hybridized carbons (Fsp3) is 0.286. The quantitative estimate of drug-likeness (QED) is 0.386. The summed E-state index contributed by atoms with van der Waals surface area (Å²) < 4.78 is 11.9. The van der Waals surface area contributed by atoms with Gasteiger partial charge in [0.05, 0.1) is 17.3 Å². The molecule has 0 fully saturated rings. The van der Waals surface area contributed by atoms with Crippen molar-refractivity contribution in [1.29, 1.82) is 5.26 Å². The number of amides is 1. The average Bonchev–Trinajstić information content (AvgIpc) is 2.76. The fourth-order valence-electron chi connectivity index (χ4n) is 3.28. The first kappa shape index (κ1) is 23.9. The molecule has 5 nitrogen and oxygen atoms in total. The van der Waals surface area contributed by atoms with E-state index in [4.69, 9.17) is 9.47 Å². The van der Waals surface area contributed by atoms with Gasteiger partial charge in [0.2, 0.25) is 0 Å². The van der Waals surface area contributed by atoms with Gasteiger partial charge < -0.3 is 9.47 Å². The molecule has 3 aromatic rings. The van der Waals surface area contributed by atoms with Crippen LogP contribution in [-0.2, 0) is 11.3 Å².